The monoisotopic (exact) mass is 405 g/mol. The molecule has 0 atom stereocenters. The Morgan fingerprint density at radius 2 is 1.93 bits per heavy atom. The molecule has 0 aliphatic carbocycles. The summed E-state index contributed by atoms with van der Waals surface area (Å²) in [6, 6.07) is 17.2. The second kappa shape index (κ2) is 11.8. The first-order valence-corrected chi connectivity index (χ1v) is 10.4. The van der Waals surface area contributed by atoms with Crippen molar-refractivity contribution < 1.29 is 4.74 Å². The molecule has 0 aliphatic heterocycles. The van der Waals surface area contributed by atoms with Gasteiger partial charge in [-0.1, -0.05) is 48.5 Å². The molecule has 3 aromatic rings. The molecule has 158 valence electrons. The summed E-state index contributed by atoms with van der Waals surface area (Å²) in [6.45, 7) is 5.92. The molecule has 2 N–H and O–H groups in total. The normalized spacial score (nSPS) is 11.5. The summed E-state index contributed by atoms with van der Waals surface area (Å²) in [6.07, 6.45) is 6.57. The topological polar surface area (TPSA) is 63.5 Å². The van der Waals surface area contributed by atoms with Crippen molar-refractivity contribution in [2.24, 2.45) is 4.99 Å². The summed E-state index contributed by atoms with van der Waals surface area (Å²) in [4.78, 5) is 8.88. The Labute approximate surface area is 179 Å². The molecule has 1 aromatic heterocycles. The van der Waals surface area contributed by atoms with E-state index in [2.05, 4.69) is 75.6 Å². The van der Waals surface area contributed by atoms with Crippen molar-refractivity contribution in [2.75, 3.05) is 26.8 Å². The summed E-state index contributed by atoms with van der Waals surface area (Å²) in [5.74, 6) is 0.832. The zero-order chi connectivity index (χ0) is 21.0. The van der Waals surface area contributed by atoms with Crippen molar-refractivity contribution in [3.8, 4) is 11.1 Å². The van der Waals surface area contributed by atoms with Crippen LogP contribution in [0.1, 0.15) is 24.5 Å². The van der Waals surface area contributed by atoms with Crippen molar-refractivity contribution in [3.63, 3.8) is 0 Å². The van der Waals surface area contributed by atoms with E-state index in [1.165, 1.54) is 22.3 Å². The van der Waals surface area contributed by atoms with Crippen LogP contribution in [0, 0.1) is 0 Å². The van der Waals surface area contributed by atoms with Gasteiger partial charge in [0.05, 0.1) is 12.9 Å². The lowest BCUT2D eigenvalue weighted by molar-refractivity contribution is 0.195. The van der Waals surface area contributed by atoms with Gasteiger partial charge in [-0.25, -0.2) is 9.98 Å². The second-order valence-electron chi connectivity index (χ2n) is 7.06. The van der Waals surface area contributed by atoms with Crippen LogP contribution in [0.4, 0.5) is 0 Å². The number of ether oxygens (including phenoxy) is 1. The van der Waals surface area contributed by atoms with E-state index in [9.17, 15) is 0 Å². The third-order valence-electron chi connectivity index (χ3n) is 4.78. The highest BCUT2D eigenvalue weighted by Crippen LogP contribution is 2.25. The predicted molar refractivity (Wildman–Crippen MR) is 123 cm³/mol. The van der Waals surface area contributed by atoms with Crippen LogP contribution in [0.5, 0.6) is 0 Å². The van der Waals surface area contributed by atoms with Gasteiger partial charge in [0, 0.05) is 45.7 Å². The average molecular weight is 406 g/mol. The lowest BCUT2D eigenvalue weighted by Gasteiger charge is -2.13. The van der Waals surface area contributed by atoms with Gasteiger partial charge in [-0.15, -0.1) is 0 Å². The number of nitrogens with one attached hydrogen (secondary N) is 2. The van der Waals surface area contributed by atoms with Crippen LogP contribution in [-0.4, -0.2) is 42.3 Å². The summed E-state index contributed by atoms with van der Waals surface area (Å²) in [7, 11) is 1.72. The molecule has 0 spiro atoms. The van der Waals surface area contributed by atoms with Gasteiger partial charge in [0.1, 0.15) is 0 Å². The Morgan fingerprint density at radius 1 is 1.10 bits per heavy atom. The minimum Gasteiger partial charge on any atom is -0.385 e. The molecule has 0 amide bonds. The van der Waals surface area contributed by atoms with E-state index in [0.717, 1.165) is 38.6 Å². The van der Waals surface area contributed by atoms with Crippen molar-refractivity contribution in [1.29, 1.82) is 0 Å². The number of nitrogens with zero attached hydrogens (tertiary/aromatic N) is 3. The number of methoxy groups -OCH3 is 1. The summed E-state index contributed by atoms with van der Waals surface area (Å²) < 4.78 is 7.18. The summed E-state index contributed by atoms with van der Waals surface area (Å²) in [5.41, 5.74) is 4.87. The molecule has 0 fully saturated rings. The fourth-order valence-electron chi connectivity index (χ4n) is 3.25. The van der Waals surface area contributed by atoms with Crippen molar-refractivity contribution >= 4 is 5.96 Å². The van der Waals surface area contributed by atoms with Crippen molar-refractivity contribution in [3.05, 3.63) is 78.4 Å². The van der Waals surface area contributed by atoms with Gasteiger partial charge in [-0.3, -0.25) is 0 Å². The first-order chi connectivity index (χ1) is 14.8. The molecular weight excluding hydrogens is 374 g/mol. The fraction of sp³-hybridized carbons (Fsp3) is 0.333. The minimum atomic E-state index is 0.618. The number of benzene rings is 2. The zero-order valence-corrected chi connectivity index (χ0v) is 17.8. The van der Waals surface area contributed by atoms with Crippen molar-refractivity contribution in [2.45, 2.75) is 26.4 Å². The van der Waals surface area contributed by atoms with Gasteiger partial charge in [0.2, 0.25) is 0 Å². The molecular formula is C24H31N5O. The third kappa shape index (κ3) is 6.46. The van der Waals surface area contributed by atoms with Crippen LogP contribution in [0.25, 0.3) is 11.1 Å². The lowest BCUT2D eigenvalue weighted by atomic mass is 9.98. The second-order valence-corrected chi connectivity index (χ2v) is 7.06. The molecule has 30 heavy (non-hydrogen) atoms. The number of hydrogen-bond acceptors (Lipinski definition) is 3. The van der Waals surface area contributed by atoms with Gasteiger partial charge in [0.15, 0.2) is 5.96 Å². The van der Waals surface area contributed by atoms with E-state index >= 15 is 0 Å². The lowest BCUT2D eigenvalue weighted by Crippen LogP contribution is -2.38. The molecule has 0 bridgehead atoms. The highest BCUT2D eigenvalue weighted by Gasteiger charge is 2.06. The van der Waals surface area contributed by atoms with Gasteiger partial charge in [-0.05, 0) is 35.6 Å². The number of rotatable bonds is 10. The summed E-state index contributed by atoms with van der Waals surface area (Å²) >= 11 is 0. The van der Waals surface area contributed by atoms with Gasteiger partial charge < -0.3 is 19.9 Å². The highest BCUT2D eigenvalue weighted by atomic mass is 16.5. The largest absolute Gasteiger partial charge is 0.385 e. The number of hydrogen-bond donors (Lipinski definition) is 2. The Hall–Kier alpha value is -3.12. The first-order valence-electron chi connectivity index (χ1n) is 10.4. The van der Waals surface area contributed by atoms with E-state index in [1.807, 2.05) is 12.5 Å². The van der Waals surface area contributed by atoms with E-state index in [0.29, 0.717) is 6.54 Å². The van der Waals surface area contributed by atoms with Gasteiger partial charge in [0.25, 0.3) is 0 Å². The molecule has 6 nitrogen and oxygen atoms in total. The van der Waals surface area contributed by atoms with Crippen LogP contribution < -0.4 is 10.6 Å². The Bertz CT molecular complexity index is 904. The van der Waals surface area contributed by atoms with Crippen LogP contribution in [0.2, 0.25) is 0 Å². The minimum absolute atomic E-state index is 0.618. The van der Waals surface area contributed by atoms with Crippen molar-refractivity contribution in [1.82, 2.24) is 20.2 Å². The SMILES string of the molecule is CCNC(=NCc1ccccc1-c1ccc(Cn2ccnc2)cc1)NCCCOC. The average Bonchev–Trinajstić information content (AvgIpc) is 3.29. The molecule has 2 aromatic carbocycles. The van der Waals surface area contributed by atoms with E-state index in [-0.39, 0.29) is 0 Å². The first kappa shape index (κ1) is 21.6. The quantitative estimate of drug-likeness (QED) is 0.307. The van der Waals surface area contributed by atoms with Crippen LogP contribution in [0.3, 0.4) is 0 Å². The molecule has 0 radical (unpaired) electrons. The van der Waals surface area contributed by atoms with E-state index in [4.69, 9.17) is 9.73 Å². The fourth-order valence-corrected chi connectivity index (χ4v) is 3.25. The maximum atomic E-state index is 5.11. The molecule has 1 heterocycles. The third-order valence-corrected chi connectivity index (χ3v) is 4.78. The number of aromatic nitrogens is 2. The predicted octanol–water partition coefficient (Wildman–Crippen LogP) is 3.69. The van der Waals surface area contributed by atoms with Gasteiger partial charge >= 0.3 is 0 Å². The molecule has 0 aliphatic rings. The van der Waals surface area contributed by atoms with E-state index < -0.39 is 0 Å². The zero-order valence-electron chi connectivity index (χ0n) is 17.8. The number of imidazole rings is 1. The van der Waals surface area contributed by atoms with Crippen LogP contribution in [-0.2, 0) is 17.8 Å². The van der Waals surface area contributed by atoms with Crippen LogP contribution >= 0.6 is 0 Å². The Kier molecular flexibility index (Phi) is 8.47. The van der Waals surface area contributed by atoms with Crippen LogP contribution in [0.15, 0.2) is 72.2 Å². The highest BCUT2D eigenvalue weighted by molar-refractivity contribution is 5.80. The molecule has 0 saturated carbocycles. The molecule has 0 saturated heterocycles. The number of guanidine groups is 1. The molecule has 6 heteroatoms. The van der Waals surface area contributed by atoms with Gasteiger partial charge in [-0.2, -0.15) is 0 Å². The maximum Gasteiger partial charge on any atom is 0.191 e. The molecule has 3 rings (SSSR count). The summed E-state index contributed by atoms with van der Waals surface area (Å²) in [5, 5.41) is 6.67. The Balaban J connectivity index is 1.70. The smallest absolute Gasteiger partial charge is 0.191 e. The number of aliphatic imine (C=N–C) groups is 1. The molecule has 0 unspecified atom stereocenters. The Morgan fingerprint density at radius 3 is 2.67 bits per heavy atom. The van der Waals surface area contributed by atoms with E-state index in [1.54, 1.807) is 13.3 Å². The maximum absolute atomic E-state index is 5.11. The standard InChI is InChI=1S/C24H31N5O/c1-3-26-24(27-13-6-16-30-2)28-17-22-7-4-5-8-23(22)21-11-9-20(10-12-21)18-29-15-14-25-19-29/h4-5,7-12,14-15,19H,3,6,13,16-18H2,1-2H3,(H2,26,27,28).